The average Bonchev–Trinajstić information content (AvgIpc) is 2.46. The van der Waals surface area contributed by atoms with Crippen LogP contribution in [0.3, 0.4) is 0 Å². The topological polar surface area (TPSA) is 69.6 Å². The highest BCUT2D eigenvalue weighted by molar-refractivity contribution is 5.74. The number of piperidine rings is 1. The van der Waals surface area contributed by atoms with E-state index in [1.165, 1.54) is 25.7 Å². The first-order chi connectivity index (χ1) is 10.0. The number of hydrogen-bond donors (Lipinski definition) is 2. The van der Waals surface area contributed by atoms with Crippen molar-refractivity contribution in [3.05, 3.63) is 0 Å². The van der Waals surface area contributed by atoms with E-state index in [2.05, 4.69) is 12.2 Å². The molecule has 5 nitrogen and oxygen atoms in total. The Hall–Kier alpha value is -1.26. The number of carboxylic acids is 1. The lowest BCUT2D eigenvalue weighted by atomic mass is 9.83. The smallest absolute Gasteiger partial charge is 0.317 e. The number of rotatable bonds is 4. The molecule has 2 N–H and O–H groups in total. The molecule has 2 fully saturated rings. The maximum Gasteiger partial charge on any atom is 0.317 e. The predicted octanol–water partition coefficient (Wildman–Crippen LogP) is 2.71. The van der Waals surface area contributed by atoms with E-state index in [9.17, 15) is 9.59 Å². The molecule has 1 heterocycles. The molecule has 120 valence electrons. The lowest BCUT2D eigenvalue weighted by molar-refractivity contribution is -0.138. The fraction of sp³-hybridized carbons (Fsp3) is 0.875. The fourth-order valence-corrected chi connectivity index (χ4v) is 3.54. The summed E-state index contributed by atoms with van der Waals surface area (Å²) in [5.41, 5.74) is 0. The summed E-state index contributed by atoms with van der Waals surface area (Å²) in [6, 6.07) is -0.0105. The van der Waals surface area contributed by atoms with Crippen molar-refractivity contribution in [2.24, 2.45) is 17.8 Å². The monoisotopic (exact) mass is 296 g/mol. The van der Waals surface area contributed by atoms with Gasteiger partial charge in [-0.15, -0.1) is 0 Å². The van der Waals surface area contributed by atoms with Gasteiger partial charge in [0.2, 0.25) is 0 Å². The Labute approximate surface area is 127 Å². The summed E-state index contributed by atoms with van der Waals surface area (Å²) in [6.07, 6.45) is 6.95. The molecule has 0 aromatic heterocycles. The van der Waals surface area contributed by atoms with Gasteiger partial charge in [-0.2, -0.15) is 0 Å². The van der Waals surface area contributed by atoms with Crippen LogP contribution in [0.5, 0.6) is 0 Å². The van der Waals surface area contributed by atoms with Crippen molar-refractivity contribution in [2.45, 2.75) is 51.9 Å². The second-order valence-electron chi connectivity index (χ2n) is 6.86. The molecule has 1 saturated heterocycles. The highest BCUT2D eigenvalue weighted by atomic mass is 16.4. The average molecular weight is 296 g/mol. The van der Waals surface area contributed by atoms with Crippen LogP contribution in [0.1, 0.15) is 51.9 Å². The van der Waals surface area contributed by atoms with Crippen LogP contribution >= 0.6 is 0 Å². The zero-order valence-electron chi connectivity index (χ0n) is 13.0. The minimum Gasteiger partial charge on any atom is -0.481 e. The number of carbonyl (C=O) groups excluding carboxylic acids is 1. The van der Waals surface area contributed by atoms with E-state index in [4.69, 9.17) is 5.11 Å². The normalized spacial score (nSPS) is 30.0. The number of aliphatic carboxylic acids is 1. The van der Waals surface area contributed by atoms with Crippen LogP contribution in [0.4, 0.5) is 4.79 Å². The largest absolute Gasteiger partial charge is 0.481 e. The summed E-state index contributed by atoms with van der Waals surface area (Å²) >= 11 is 0. The first-order valence-electron chi connectivity index (χ1n) is 8.29. The van der Waals surface area contributed by atoms with Crippen molar-refractivity contribution in [1.29, 1.82) is 0 Å². The van der Waals surface area contributed by atoms with Gasteiger partial charge >= 0.3 is 12.0 Å². The Morgan fingerprint density at radius 3 is 2.52 bits per heavy atom. The van der Waals surface area contributed by atoms with Gasteiger partial charge in [-0.05, 0) is 43.4 Å². The fourth-order valence-electron chi connectivity index (χ4n) is 3.54. The van der Waals surface area contributed by atoms with E-state index in [-0.39, 0.29) is 18.4 Å². The molecular weight excluding hydrogens is 268 g/mol. The van der Waals surface area contributed by atoms with Gasteiger partial charge in [0.25, 0.3) is 0 Å². The lowest BCUT2D eigenvalue weighted by Crippen LogP contribution is -2.47. The van der Waals surface area contributed by atoms with Crippen LogP contribution in [0.25, 0.3) is 0 Å². The number of amides is 2. The zero-order valence-corrected chi connectivity index (χ0v) is 13.0. The van der Waals surface area contributed by atoms with Crippen LogP contribution in [0.15, 0.2) is 0 Å². The Kier molecular flexibility index (Phi) is 5.88. The van der Waals surface area contributed by atoms with Crippen molar-refractivity contribution >= 4 is 12.0 Å². The highest BCUT2D eigenvalue weighted by Gasteiger charge is 2.26. The molecule has 2 rings (SSSR count). The summed E-state index contributed by atoms with van der Waals surface area (Å²) in [7, 11) is 0. The van der Waals surface area contributed by atoms with Crippen molar-refractivity contribution in [3.63, 3.8) is 0 Å². The number of urea groups is 1. The van der Waals surface area contributed by atoms with Crippen LogP contribution < -0.4 is 5.32 Å². The molecule has 21 heavy (non-hydrogen) atoms. The standard InChI is InChI=1S/C16H28N2O3/c1-12-4-6-13(7-5-12)10-17-16(21)18-8-2-3-14(11-18)9-15(19)20/h12-14H,2-11H2,1H3,(H,17,21)(H,19,20). The molecule has 1 atom stereocenters. The van der Waals surface area contributed by atoms with Crippen molar-refractivity contribution in [3.8, 4) is 0 Å². The van der Waals surface area contributed by atoms with Gasteiger partial charge in [-0.3, -0.25) is 4.79 Å². The molecule has 1 unspecified atom stereocenters. The third kappa shape index (κ3) is 5.21. The van der Waals surface area contributed by atoms with E-state index < -0.39 is 5.97 Å². The molecule has 0 spiro atoms. The molecule has 1 aliphatic carbocycles. The van der Waals surface area contributed by atoms with E-state index in [0.717, 1.165) is 31.8 Å². The van der Waals surface area contributed by atoms with Gasteiger partial charge in [-0.1, -0.05) is 19.8 Å². The number of nitrogens with one attached hydrogen (secondary N) is 1. The summed E-state index contributed by atoms with van der Waals surface area (Å²) in [5, 5.41) is 11.9. The molecule has 0 radical (unpaired) electrons. The van der Waals surface area contributed by atoms with Crippen molar-refractivity contribution in [2.75, 3.05) is 19.6 Å². The maximum absolute atomic E-state index is 12.2. The van der Waals surface area contributed by atoms with Crippen molar-refractivity contribution < 1.29 is 14.7 Å². The Morgan fingerprint density at radius 1 is 1.14 bits per heavy atom. The van der Waals surface area contributed by atoms with Gasteiger partial charge in [0, 0.05) is 26.1 Å². The third-order valence-corrected chi connectivity index (χ3v) is 4.95. The maximum atomic E-state index is 12.2. The summed E-state index contributed by atoms with van der Waals surface area (Å²) in [5.74, 6) is 0.789. The van der Waals surface area contributed by atoms with E-state index in [1.807, 2.05) is 0 Å². The second kappa shape index (κ2) is 7.66. The molecule has 1 aliphatic heterocycles. The Bertz CT molecular complexity index is 365. The highest BCUT2D eigenvalue weighted by Crippen LogP contribution is 2.27. The van der Waals surface area contributed by atoms with E-state index >= 15 is 0 Å². The zero-order chi connectivity index (χ0) is 15.2. The SMILES string of the molecule is CC1CCC(CNC(=O)N2CCCC(CC(=O)O)C2)CC1. The van der Waals surface area contributed by atoms with E-state index in [1.54, 1.807) is 4.90 Å². The number of hydrogen-bond acceptors (Lipinski definition) is 2. The van der Waals surface area contributed by atoms with Crippen LogP contribution in [0, 0.1) is 17.8 Å². The molecule has 5 heteroatoms. The first kappa shape index (κ1) is 16.1. The number of carboxylic acid groups (broad SMARTS) is 1. The molecule has 0 aromatic rings. The number of carbonyl (C=O) groups is 2. The summed E-state index contributed by atoms with van der Waals surface area (Å²) in [4.78, 5) is 24.8. The van der Waals surface area contributed by atoms with Gasteiger partial charge in [0.1, 0.15) is 0 Å². The quantitative estimate of drug-likeness (QED) is 0.838. The van der Waals surface area contributed by atoms with Gasteiger partial charge in [0.05, 0.1) is 0 Å². The lowest BCUT2D eigenvalue weighted by Gasteiger charge is -2.33. The Morgan fingerprint density at radius 2 is 1.86 bits per heavy atom. The third-order valence-electron chi connectivity index (χ3n) is 4.95. The van der Waals surface area contributed by atoms with Gasteiger partial charge in [-0.25, -0.2) is 4.79 Å². The second-order valence-corrected chi connectivity index (χ2v) is 6.86. The molecule has 2 amide bonds. The first-order valence-corrected chi connectivity index (χ1v) is 8.29. The molecule has 0 aromatic carbocycles. The Balaban J connectivity index is 1.71. The van der Waals surface area contributed by atoms with Crippen molar-refractivity contribution in [1.82, 2.24) is 10.2 Å². The van der Waals surface area contributed by atoms with Gasteiger partial charge < -0.3 is 15.3 Å². The van der Waals surface area contributed by atoms with Crippen LogP contribution in [0.2, 0.25) is 0 Å². The minimum absolute atomic E-state index is 0.0105. The minimum atomic E-state index is -0.765. The molecule has 2 aliphatic rings. The van der Waals surface area contributed by atoms with Crippen LogP contribution in [-0.2, 0) is 4.79 Å². The molecular formula is C16H28N2O3. The molecule has 0 bridgehead atoms. The number of likely N-dealkylation sites (tertiary alicyclic amines) is 1. The van der Waals surface area contributed by atoms with Gasteiger partial charge in [0.15, 0.2) is 0 Å². The summed E-state index contributed by atoms with van der Waals surface area (Å²) in [6.45, 7) is 4.40. The molecule has 1 saturated carbocycles. The number of nitrogens with zero attached hydrogens (tertiary/aromatic N) is 1. The predicted molar refractivity (Wildman–Crippen MR) is 81.1 cm³/mol. The van der Waals surface area contributed by atoms with E-state index in [0.29, 0.717) is 12.5 Å². The summed E-state index contributed by atoms with van der Waals surface area (Å²) < 4.78 is 0. The van der Waals surface area contributed by atoms with Crippen LogP contribution in [-0.4, -0.2) is 41.6 Å².